The van der Waals surface area contributed by atoms with Crippen LogP contribution in [0, 0.1) is 5.92 Å². The highest BCUT2D eigenvalue weighted by atomic mass is 16.5. The minimum atomic E-state index is -0.0226. The van der Waals surface area contributed by atoms with Crippen LogP contribution in [-0.4, -0.2) is 12.1 Å². The number of cyclic esters (lactones) is 1. The summed E-state index contributed by atoms with van der Waals surface area (Å²) >= 11 is 0. The lowest BCUT2D eigenvalue weighted by atomic mass is 9.96. The van der Waals surface area contributed by atoms with Gasteiger partial charge in [0.2, 0.25) is 0 Å². The van der Waals surface area contributed by atoms with Crippen molar-refractivity contribution in [2.75, 3.05) is 0 Å². The van der Waals surface area contributed by atoms with Crippen LogP contribution >= 0.6 is 0 Å². The van der Waals surface area contributed by atoms with E-state index in [4.69, 9.17) is 4.74 Å². The summed E-state index contributed by atoms with van der Waals surface area (Å²) < 4.78 is 5.07. The first-order chi connectivity index (χ1) is 4.72. The largest absolute Gasteiger partial charge is 0.462 e. The minimum Gasteiger partial charge on any atom is -0.462 e. The molecule has 1 saturated heterocycles. The van der Waals surface area contributed by atoms with Gasteiger partial charge in [-0.2, -0.15) is 0 Å². The first-order valence-electron chi connectivity index (χ1n) is 3.91. The molecule has 2 heteroatoms. The molecule has 0 saturated carbocycles. The van der Waals surface area contributed by atoms with Gasteiger partial charge in [-0.25, -0.2) is 0 Å². The van der Waals surface area contributed by atoms with Crippen LogP contribution in [0.2, 0.25) is 0 Å². The topological polar surface area (TPSA) is 26.3 Å². The molecule has 0 N–H and O–H groups in total. The van der Waals surface area contributed by atoms with Crippen molar-refractivity contribution in [3.8, 4) is 0 Å². The molecular weight excluding hydrogens is 128 g/mol. The molecule has 1 aliphatic rings. The molecule has 1 aliphatic heterocycles. The van der Waals surface area contributed by atoms with Gasteiger partial charge in [0.1, 0.15) is 6.10 Å². The molecule has 2 atom stereocenters. The Balaban J connectivity index is 2.42. The van der Waals surface area contributed by atoms with Gasteiger partial charge in [0.25, 0.3) is 0 Å². The third kappa shape index (κ3) is 1.72. The summed E-state index contributed by atoms with van der Waals surface area (Å²) in [6.45, 7) is 4.15. The molecule has 0 amide bonds. The van der Waals surface area contributed by atoms with E-state index in [0.717, 1.165) is 12.8 Å². The summed E-state index contributed by atoms with van der Waals surface area (Å²) in [6.07, 6.45) is 2.80. The lowest BCUT2D eigenvalue weighted by Crippen LogP contribution is -2.27. The summed E-state index contributed by atoms with van der Waals surface area (Å²) in [5, 5.41) is 0. The monoisotopic (exact) mass is 142 g/mol. The second-order valence-electron chi connectivity index (χ2n) is 3.07. The summed E-state index contributed by atoms with van der Waals surface area (Å²) in [5.41, 5.74) is 0. The van der Waals surface area contributed by atoms with E-state index in [9.17, 15) is 4.79 Å². The summed E-state index contributed by atoms with van der Waals surface area (Å²) in [7, 11) is 0. The molecule has 0 aromatic carbocycles. The molecule has 1 rings (SSSR count). The van der Waals surface area contributed by atoms with Crippen LogP contribution in [0.1, 0.15) is 33.1 Å². The molecule has 1 fully saturated rings. The van der Waals surface area contributed by atoms with E-state index < -0.39 is 0 Å². The Morgan fingerprint density at radius 2 is 2.40 bits per heavy atom. The van der Waals surface area contributed by atoms with E-state index in [-0.39, 0.29) is 12.1 Å². The standard InChI is InChI=1S/C8H14O2/c1-3-7-4-6(2)5-8(9)10-7/h6-7H,3-5H2,1-2H3/t6-,7+/m0/s1. The van der Waals surface area contributed by atoms with Crippen molar-refractivity contribution in [2.45, 2.75) is 39.2 Å². The van der Waals surface area contributed by atoms with Crippen molar-refractivity contribution in [3.05, 3.63) is 0 Å². The van der Waals surface area contributed by atoms with Gasteiger partial charge < -0.3 is 4.74 Å². The first-order valence-corrected chi connectivity index (χ1v) is 3.91. The zero-order valence-corrected chi connectivity index (χ0v) is 6.59. The molecule has 2 nitrogen and oxygen atoms in total. The Morgan fingerprint density at radius 1 is 1.70 bits per heavy atom. The van der Waals surface area contributed by atoms with E-state index >= 15 is 0 Å². The number of carbonyl (C=O) groups is 1. The van der Waals surface area contributed by atoms with E-state index in [1.54, 1.807) is 0 Å². The normalized spacial score (nSPS) is 33.6. The van der Waals surface area contributed by atoms with Crippen molar-refractivity contribution >= 4 is 5.97 Å². The third-order valence-electron chi connectivity index (χ3n) is 1.93. The number of hydrogen-bond donors (Lipinski definition) is 0. The fourth-order valence-electron chi connectivity index (χ4n) is 1.35. The molecule has 0 bridgehead atoms. The molecule has 0 unspecified atom stereocenters. The van der Waals surface area contributed by atoms with Gasteiger partial charge in [-0.05, 0) is 18.8 Å². The lowest BCUT2D eigenvalue weighted by Gasteiger charge is -2.25. The third-order valence-corrected chi connectivity index (χ3v) is 1.93. The fourth-order valence-corrected chi connectivity index (χ4v) is 1.35. The zero-order valence-electron chi connectivity index (χ0n) is 6.59. The van der Waals surface area contributed by atoms with Crippen LogP contribution < -0.4 is 0 Å². The number of esters is 1. The second kappa shape index (κ2) is 3.04. The number of carbonyl (C=O) groups excluding carboxylic acids is 1. The van der Waals surface area contributed by atoms with Crippen molar-refractivity contribution in [3.63, 3.8) is 0 Å². The van der Waals surface area contributed by atoms with Crippen molar-refractivity contribution in [2.24, 2.45) is 5.92 Å². The number of ether oxygens (including phenoxy) is 1. The van der Waals surface area contributed by atoms with Gasteiger partial charge in [0, 0.05) is 6.42 Å². The number of rotatable bonds is 1. The highest BCUT2D eigenvalue weighted by molar-refractivity contribution is 5.70. The Kier molecular flexibility index (Phi) is 2.30. The van der Waals surface area contributed by atoms with Gasteiger partial charge >= 0.3 is 5.97 Å². The van der Waals surface area contributed by atoms with E-state index in [2.05, 4.69) is 13.8 Å². The maximum Gasteiger partial charge on any atom is 0.306 e. The van der Waals surface area contributed by atoms with Gasteiger partial charge in [-0.3, -0.25) is 4.79 Å². The minimum absolute atomic E-state index is 0.0226. The van der Waals surface area contributed by atoms with Crippen molar-refractivity contribution in [1.29, 1.82) is 0 Å². The van der Waals surface area contributed by atoms with Crippen molar-refractivity contribution < 1.29 is 9.53 Å². The molecular formula is C8H14O2. The molecule has 0 radical (unpaired) electrons. The molecule has 0 aromatic rings. The highest BCUT2D eigenvalue weighted by Gasteiger charge is 2.23. The summed E-state index contributed by atoms with van der Waals surface area (Å²) in [5.74, 6) is 0.497. The highest BCUT2D eigenvalue weighted by Crippen LogP contribution is 2.21. The number of hydrogen-bond acceptors (Lipinski definition) is 2. The average molecular weight is 142 g/mol. The van der Waals surface area contributed by atoms with Crippen LogP contribution in [0.3, 0.4) is 0 Å². The maximum atomic E-state index is 10.8. The quantitative estimate of drug-likeness (QED) is 0.521. The van der Waals surface area contributed by atoms with Crippen LogP contribution in [0.5, 0.6) is 0 Å². The first kappa shape index (κ1) is 7.58. The lowest BCUT2D eigenvalue weighted by molar-refractivity contribution is -0.156. The van der Waals surface area contributed by atoms with E-state index in [1.165, 1.54) is 0 Å². The van der Waals surface area contributed by atoms with Crippen LogP contribution in [-0.2, 0) is 9.53 Å². The van der Waals surface area contributed by atoms with Gasteiger partial charge in [-0.15, -0.1) is 0 Å². The van der Waals surface area contributed by atoms with Gasteiger partial charge in [0.15, 0.2) is 0 Å². The van der Waals surface area contributed by atoms with Gasteiger partial charge in [-0.1, -0.05) is 13.8 Å². The Morgan fingerprint density at radius 3 is 2.90 bits per heavy atom. The summed E-state index contributed by atoms with van der Waals surface area (Å²) in [4.78, 5) is 10.8. The average Bonchev–Trinajstić information content (AvgIpc) is 1.85. The summed E-state index contributed by atoms with van der Waals surface area (Å²) in [6, 6.07) is 0. The van der Waals surface area contributed by atoms with E-state index in [1.807, 2.05) is 0 Å². The zero-order chi connectivity index (χ0) is 7.56. The van der Waals surface area contributed by atoms with Crippen molar-refractivity contribution in [1.82, 2.24) is 0 Å². The predicted molar refractivity (Wildman–Crippen MR) is 38.6 cm³/mol. The fraction of sp³-hybridized carbons (Fsp3) is 0.875. The molecule has 0 spiro atoms. The molecule has 58 valence electrons. The van der Waals surface area contributed by atoms with Gasteiger partial charge in [0.05, 0.1) is 0 Å². The van der Waals surface area contributed by atoms with Crippen LogP contribution in [0.15, 0.2) is 0 Å². The van der Waals surface area contributed by atoms with Crippen LogP contribution in [0.4, 0.5) is 0 Å². The molecule has 10 heavy (non-hydrogen) atoms. The van der Waals surface area contributed by atoms with E-state index in [0.29, 0.717) is 12.3 Å². The van der Waals surface area contributed by atoms with Crippen LogP contribution in [0.25, 0.3) is 0 Å². The second-order valence-corrected chi connectivity index (χ2v) is 3.07. The Bertz CT molecular complexity index is 131. The molecule has 0 aromatic heterocycles. The predicted octanol–water partition coefficient (Wildman–Crippen LogP) is 1.74. The molecule has 1 heterocycles. The molecule has 0 aliphatic carbocycles. The smallest absolute Gasteiger partial charge is 0.306 e. The SMILES string of the molecule is CC[C@@H]1C[C@H](C)CC(=O)O1. The maximum absolute atomic E-state index is 10.8. The Labute approximate surface area is 61.6 Å². The Hall–Kier alpha value is -0.530.